The van der Waals surface area contributed by atoms with Crippen LogP contribution in [-0.2, 0) is 9.59 Å². The summed E-state index contributed by atoms with van der Waals surface area (Å²) in [4.78, 5) is 26.6. The van der Waals surface area contributed by atoms with Crippen LogP contribution >= 0.6 is 0 Å². The predicted molar refractivity (Wildman–Crippen MR) is 191 cm³/mol. The van der Waals surface area contributed by atoms with E-state index in [2.05, 4.69) is 34.7 Å². The second-order valence-electron chi connectivity index (χ2n) is 13.0. The highest BCUT2D eigenvalue weighted by Crippen LogP contribution is 2.11. The van der Waals surface area contributed by atoms with Gasteiger partial charge in [0.25, 0.3) is 0 Å². The Balaban J connectivity index is 3.55. The summed E-state index contributed by atoms with van der Waals surface area (Å²) >= 11 is 0. The second-order valence-corrected chi connectivity index (χ2v) is 13.0. The third-order valence-electron chi connectivity index (χ3n) is 8.67. The van der Waals surface area contributed by atoms with Gasteiger partial charge in [0.15, 0.2) is 0 Å². The zero-order valence-electron chi connectivity index (χ0n) is 29.7. The van der Waals surface area contributed by atoms with E-state index in [4.69, 9.17) is 5.73 Å². The first-order valence-corrected chi connectivity index (χ1v) is 19.3. The predicted octanol–water partition coefficient (Wildman–Crippen LogP) is 7.86. The van der Waals surface area contributed by atoms with E-state index >= 15 is 0 Å². The molecule has 0 fully saturated rings. The van der Waals surface area contributed by atoms with E-state index in [-0.39, 0.29) is 11.8 Å². The first-order chi connectivity index (χ1) is 21.6. The molecule has 0 bridgehead atoms. The molecule has 0 radical (unpaired) electrons. The number of hydrogen-bond donors (Lipinski definition) is 4. The number of amides is 2. The van der Waals surface area contributed by atoms with Crippen molar-refractivity contribution in [3.05, 3.63) is 0 Å². The van der Waals surface area contributed by atoms with Crippen molar-refractivity contribution in [2.24, 2.45) is 5.73 Å². The topological polar surface area (TPSA) is 99.5 Å². The van der Waals surface area contributed by atoms with Crippen molar-refractivity contribution in [3.63, 3.8) is 0 Å². The summed E-state index contributed by atoms with van der Waals surface area (Å²) in [6, 6.07) is 0. The van der Waals surface area contributed by atoms with Gasteiger partial charge in [-0.3, -0.25) is 9.59 Å². The Bertz CT molecular complexity index is 604. The molecule has 0 aromatic heterocycles. The molecule has 0 heterocycles. The van der Waals surface area contributed by atoms with E-state index in [1.54, 1.807) is 0 Å². The lowest BCUT2D eigenvalue weighted by Gasteiger charge is -2.21. The van der Waals surface area contributed by atoms with Crippen LogP contribution in [0, 0.1) is 0 Å². The van der Waals surface area contributed by atoms with Crippen LogP contribution in [0.3, 0.4) is 0 Å². The number of nitrogens with two attached hydrogens (primary N) is 1. The van der Waals surface area contributed by atoms with Crippen molar-refractivity contribution in [1.82, 2.24) is 20.9 Å². The number of nitrogens with zero attached hydrogens (tertiary/aromatic N) is 1. The molecule has 0 aliphatic heterocycles. The van der Waals surface area contributed by atoms with Crippen LogP contribution in [0.15, 0.2) is 0 Å². The Kier molecular flexibility index (Phi) is 35.3. The summed E-state index contributed by atoms with van der Waals surface area (Å²) in [7, 11) is 0. The molecule has 262 valence electrons. The molecular formula is C37H77N5O2. The summed E-state index contributed by atoms with van der Waals surface area (Å²) in [6.45, 7) is 11.1. The number of unbranched alkanes of at least 4 members (excludes halogenated alkanes) is 20. The van der Waals surface area contributed by atoms with Crippen LogP contribution in [0.5, 0.6) is 0 Å². The third-order valence-corrected chi connectivity index (χ3v) is 8.67. The Labute approximate surface area is 274 Å². The number of rotatable bonds is 36. The monoisotopic (exact) mass is 624 g/mol. The largest absolute Gasteiger partial charge is 0.356 e. The molecule has 0 unspecified atom stereocenters. The summed E-state index contributed by atoms with van der Waals surface area (Å²) in [5.74, 6) is 0.363. The average molecular weight is 624 g/mol. The van der Waals surface area contributed by atoms with Gasteiger partial charge in [-0.2, -0.15) is 0 Å². The maximum atomic E-state index is 12.3. The van der Waals surface area contributed by atoms with E-state index in [1.165, 1.54) is 116 Å². The number of carbonyl (C=O) groups is 2. The smallest absolute Gasteiger partial charge is 0.221 e. The van der Waals surface area contributed by atoms with Crippen molar-refractivity contribution >= 4 is 11.8 Å². The van der Waals surface area contributed by atoms with Crippen LogP contribution < -0.4 is 21.7 Å². The van der Waals surface area contributed by atoms with Crippen molar-refractivity contribution in [2.75, 3.05) is 52.4 Å². The van der Waals surface area contributed by atoms with E-state index in [9.17, 15) is 9.59 Å². The maximum absolute atomic E-state index is 12.3. The number of carbonyl (C=O) groups excluding carboxylic acids is 2. The van der Waals surface area contributed by atoms with Crippen LogP contribution in [-0.4, -0.2) is 69.1 Å². The maximum Gasteiger partial charge on any atom is 0.221 e. The van der Waals surface area contributed by atoms with Gasteiger partial charge in [-0.25, -0.2) is 0 Å². The summed E-state index contributed by atoms with van der Waals surface area (Å²) in [5.41, 5.74) is 5.81. The normalized spacial score (nSPS) is 11.4. The van der Waals surface area contributed by atoms with E-state index in [0.29, 0.717) is 19.4 Å². The molecule has 0 aromatic rings. The Hall–Kier alpha value is -1.18. The molecule has 0 rings (SSSR count). The molecule has 7 nitrogen and oxygen atoms in total. The second kappa shape index (κ2) is 36.3. The van der Waals surface area contributed by atoms with Gasteiger partial charge in [0.1, 0.15) is 0 Å². The quantitative estimate of drug-likeness (QED) is 0.0533. The van der Waals surface area contributed by atoms with Crippen molar-refractivity contribution in [2.45, 2.75) is 174 Å². The Morgan fingerprint density at radius 3 is 1.34 bits per heavy atom. The summed E-state index contributed by atoms with van der Waals surface area (Å²) < 4.78 is 0. The molecule has 44 heavy (non-hydrogen) atoms. The van der Waals surface area contributed by atoms with E-state index in [1.807, 2.05) is 0 Å². The van der Waals surface area contributed by atoms with Crippen LogP contribution in [0.1, 0.15) is 174 Å². The molecule has 0 aromatic carbocycles. The van der Waals surface area contributed by atoms with Gasteiger partial charge >= 0.3 is 0 Å². The molecule has 0 saturated carbocycles. The van der Waals surface area contributed by atoms with Crippen LogP contribution in [0.25, 0.3) is 0 Å². The van der Waals surface area contributed by atoms with E-state index < -0.39 is 0 Å². The Morgan fingerprint density at radius 2 is 0.864 bits per heavy atom. The van der Waals surface area contributed by atoms with Crippen molar-refractivity contribution in [1.29, 1.82) is 0 Å². The minimum absolute atomic E-state index is 0.156. The fourth-order valence-electron chi connectivity index (χ4n) is 5.71. The fourth-order valence-corrected chi connectivity index (χ4v) is 5.71. The van der Waals surface area contributed by atoms with Crippen molar-refractivity contribution in [3.8, 4) is 0 Å². The number of nitrogens with one attached hydrogen (secondary N) is 3. The molecule has 7 heteroatoms. The highest BCUT2D eigenvalue weighted by Gasteiger charge is 2.08. The average Bonchev–Trinajstić information content (AvgIpc) is 3.02. The van der Waals surface area contributed by atoms with Gasteiger partial charge < -0.3 is 26.6 Å². The summed E-state index contributed by atoms with van der Waals surface area (Å²) in [5, 5.41) is 9.71. The third kappa shape index (κ3) is 33.7. The molecular weight excluding hydrogens is 546 g/mol. The van der Waals surface area contributed by atoms with Gasteiger partial charge in [-0.05, 0) is 32.2 Å². The van der Waals surface area contributed by atoms with E-state index in [0.717, 1.165) is 77.9 Å². The highest BCUT2D eigenvalue weighted by atomic mass is 16.2. The molecule has 5 N–H and O–H groups in total. The first-order valence-electron chi connectivity index (χ1n) is 19.3. The van der Waals surface area contributed by atoms with Crippen molar-refractivity contribution < 1.29 is 9.59 Å². The lowest BCUT2D eigenvalue weighted by atomic mass is 10.1. The van der Waals surface area contributed by atoms with Gasteiger partial charge in [0, 0.05) is 58.7 Å². The summed E-state index contributed by atoms with van der Waals surface area (Å²) in [6.07, 6.45) is 30.7. The van der Waals surface area contributed by atoms with Gasteiger partial charge in [-0.15, -0.1) is 0 Å². The molecule has 2 amide bonds. The fraction of sp³-hybridized carbons (Fsp3) is 0.946. The molecule has 0 spiro atoms. The Morgan fingerprint density at radius 1 is 0.455 bits per heavy atom. The minimum Gasteiger partial charge on any atom is -0.356 e. The van der Waals surface area contributed by atoms with Gasteiger partial charge in [0.2, 0.25) is 11.8 Å². The zero-order valence-corrected chi connectivity index (χ0v) is 29.7. The van der Waals surface area contributed by atoms with Gasteiger partial charge in [0.05, 0.1) is 0 Å². The minimum atomic E-state index is 0.156. The van der Waals surface area contributed by atoms with Crippen LogP contribution in [0.2, 0.25) is 0 Å². The molecule has 0 atom stereocenters. The lowest BCUT2D eigenvalue weighted by Crippen LogP contribution is -2.38. The highest BCUT2D eigenvalue weighted by molar-refractivity contribution is 5.76. The van der Waals surface area contributed by atoms with Crippen LogP contribution in [0.4, 0.5) is 0 Å². The molecule has 0 aliphatic rings. The van der Waals surface area contributed by atoms with Gasteiger partial charge in [-0.1, -0.05) is 136 Å². The number of hydrogen-bond acceptors (Lipinski definition) is 5. The molecule has 0 saturated heterocycles. The standard InChI is InChI=1S/C37H77N5O2/c1-3-5-7-9-11-13-15-17-19-24-30-40-36(43)26-22-21-23-29-39-32-35-42(34-28-38)33-27-37(44)41-31-25-20-18-16-14-12-10-8-6-4-2/h39H,3-35,38H2,1-2H3,(H,40,43)(H,41,44). The zero-order chi connectivity index (χ0) is 32.2. The SMILES string of the molecule is CCCCCCCCCCCCNC(=O)CCCCCNCCN(CCN)CCC(=O)NCCCCCCCCCCCC. The lowest BCUT2D eigenvalue weighted by molar-refractivity contribution is -0.122. The first kappa shape index (κ1) is 42.8. The molecule has 0 aliphatic carbocycles.